The first-order chi connectivity index (χ1) is 8.08. The van der Waals surface area contributed by atoms with Gasteiger partial charge in [-0.3, -0.25) is 5.41 Å². The molecule has 0 aromatic heterocycles. The SMILES string of the molecule is CC1CN(c2ccc(Br)cc2C(=N)N)CCO1. The van der Waals surface area contributed by atoms with Crippen LogP contribution < -0.4 is 10.6 Å². The summed E-state index contributed by atoms with van der Waals surface area (Å²) in [7, 11) is 0. The van der Waals surface area contributed by atoms with Crippen LogP contribution in [0, 0.1) is 5.41 Å². The molecule has 0 amide bonds. The minimum Gasteiger partial charge on any atom is -0.384 e. The third-order valence-electron chi connectivity index (χ3n) is 2.83. The summed E-state index contributed by atoms with van der Waals surface area (Å²) in [6, 6.07) is 5.86. The van der Waals surface area contributed by atoms with Crippen LogP contribution in [0.25, 0.3) is 0 Å². The lowest BCUT2D eigenvalue weighted by Gasteiger charge is -2.34. The zero-order chi connectivity index (χ0) is 12.4. The standard InChI is InChI=1S/C12H16BrN3O/c1-8-7-16(4-5-17-8)11-3-2-9(13)6-10(11)12(14)15/h2-3,6,8H,4-5,7H2,1H3,(H3,14,15). The Balaban J connectivity index is 2.33. The molecule has 1 unspecified atom stereocenters. The number of hydrogen-bond donors (Lipinski definition) is 2. The van der Waals surface area contributed by atoms with E-state index in [9.17, 15) is 0 Å². The fraction of sp³-hybridized carbons (Fsp3) is 0.417. The van der Waals surface area contributed by atoms with Crippen LogP contribution >= 0.6 is 15.9 Å². The molecule has 1 aliphatic heterocycles. The number of amidine groups is 1. The van der Waals surface area contributed by atoms with E-state index < -0.39 is 0 Å². The topological polar surface area (TPSA) is 62.3 Å². The molecule has 0 saturated carbocycles. The van der Waals surface area contributed by atoms with Crippen LogP contribution in [0.4, 0.5) is 5.69 Å². The lowest BCUT2D eigenvalue weighted by molar-refractivity contribution is 0.0532. The van der Waals surface area contributed by atoms with E-state index in [0.29, 0.717) is 6.61 Å². The minimum atomic E-state index is 0.0976. The predicted molar refractivity (Wildman–Crippen MR) is 72.8 cm³/mol. The molecule has 3 N–H and O–H groups in total. The van der Waals surface area contributed by atoms with Crippen LogP contribution in [-0.4, -0.2) is 31.6 Å². The molecule has 1 aromatic rings. The van der Waals surface area contributed by atoms with Gasteiger partial charge in [-0.05, 0) is 25.1 Å². The normalized spacial score (nSPS) is 20.4. The van der Waals surface area contributed by atoms with Crippen LogP contribution in [0.15, 0.2) is 22.7 Å². The summed E-state index contributed by atoms with van der Waals surface area (Å²) in [5.74, 6) is 0.0976. The molecule has 1 saturated heterocycles. The summed E-state index contributed by atoms with van der Waals surface area (Å²) in [5, 5.41) is 7.64. The van der Waals surface area contributed by atoms with E-state index in [4.69, 9.17) is 15.9 Å². The van der Waals surface area contributed by atoms with Gasteiger partial charge in [0, 0.05) is 28.8 Å². The first kappa shape index (κ1) is 12.4. The van der Waals surface area contributed by atoms with Gasteiger partial charge in [0.2, 0.25) is 0 Å². The molecule has 1 heterocycles. The summed E-state index contributed by atoms with van der Waals surface area (Å²) in [4.78, 5) is 2.22. The molecule has 0 spiro atoms. The lowest BCUT2D eigenvalue weighted by Crippen LogP contribution is -2.42. The lowest BCUT2D eigenvalue weighted by atomic mass is 10.1. The van der Waals surface area contributed by atoms with E-state index >= 15 is 0 Å². The molecule has 0 aliphatic carbocycles. The van der Waals surface area contributed by atoms with Gasteiger partial charge in [0.1, 0.15) is 5.84 Å². The van der Waals surface area contributed by atoms with Gasteiger partial charge in [0.15, 0.2) is 0 Å². The molecular weight excluding hydrogens is 282 g/mol. The largest absolute Gasteiger partial charge is 0.384 e. The van der Waals surface area contributed by atoms with Crippen molar-refractivity contribution in [2.75, 3.05) is 24.6 Å². The van der Waals surface area contributed by atoms with Gasteiger partial charge in [-0.15, -0.1) is 0 Å². The van der Waals surface area contributed by atoms with Crippen molar-refractivity contribution in [3.8, 4) is 0 Å². The Bertz CT molecular complexity index is 436. The Labute approximate surface area is 109 Å². The van der Waals surface area contributed by atoms with E-state index in [1.807, 2.05) is 18.2 Å². The number of nitrogens with one attached hydrogen (secondary N) is 1. The van der Waals surface area contributed by atoms with Gasteiger partial charge >= 0.3 is 0 Å². The smallest absolute Gasteiger partial charge is 0.124 e. The van der Waals surface area contributed by atoms with Gasteiger partial charge in [0.05, 0.1) is 12.7 Å². The number of benzene rings is 1. The Morgan fingerprint density at radius 1 is 1.59 bits per heavy atom. The first-order valence-electron chi connectivity index (χ1n) is 5.58. The first-order valence-corrected chi connectivity index (χ1v) is 6.37. The van der Waals surface area contributed by atoms with Crippen molar-refractivity contribution < 1.29 is 4.74 Å². The van der Waals surface area contributed by atoms with Crippen molar-refractivity contribution in [1.82, 2.24) is 0 Å². The fourth-order valence-electron chi connectivity index (χ4n) is 2.04. The highest BCUT2D eigenvalue weighted by Gasteiger charge is 2.20. The second kappa shape index (κ2) is 5.06. The Morgan fingerprint density at radius 3 is 3.00 bits per heavy atom. The summed E-state index contributed by atoms with van der Waals surface area (Å²) >= 11 is 3.41. The van der Waals surface area contributed by atoms with Crippen molar-refractivity contribution >= 4 is 27.5 Å². The maximum atomic E-state index is 7.64. The minimum absolute atomic E-state index is 0.0976. The predicted octanol–water partition coefficient (Wildman–Crippen LogP) is 1.96. The monoisotopic (exact) mass is 297 g/mol. The summed E-state index contributed by atoms with van der Waals surface area (Å²) < 4.78 is 6.46. The summed E-state index contributed by atoms with van der Waals surface area (Å²) in [6.07, 6.45) is 0.215. The van der Waals surface area contributed by atoms with E-state index in [1.54, 1.807) is 0 Å². The number of nitrogens with zero attached hydrogens (tertiary/aromatic N) is 1. The second-order valence-corrected chi connectivity index (χ2v) is 5.12. The summed E-state index contributed by atoms with van der Waals surface area (Å²) in [6.45, 7) is 4.45. The fourth-order valence-corrected chi connectivity index (χ4v) is 2.40. The molecule has 1 aliphatic rings. The van der Waals surface area contributed by atoms with Crippen LogP contribution in [0.2, 0.25) is 0 Å². The molecule has 0 radical (unpaired) electrons. The van der Waals surface area contributed by atoms with Gasteiger partial charge in [0.25, 0.3) is 0 Å². The van der Waals surface area contributed by atoms with Crippen LogP contribution in [0.5, 0.6) is 0 Å². The van der Waals surface area contributed by atoms with Crippen molar-refractivity contribution in [1.29, 1.82) is 5.41 Å². The number of rotatable bonds is 2. The van der Waals surface area contributed by atoms with E-state index in [1.165, 1.54) is 0 Å². The molecule has 0 bridgehead atoms. The van der Waals surface area contributed by atoms with Crippen molar-refractivity contribution in [3.05, 3.63) is 28.2 Å². The number of halogens is 1. The highest BCUT2D eigenvalue weighted by molar-refractivity contribution is 9.10. The highest BCUT2D eigenvalue weighted by atomic mass is 79.9. The number of anilines is 1. The van der Waals surface area contributed by atoms with Gasteiger partial charge in [-0.25, -0.2) is 0 Å². The average Bonchev–Trinajstić information content (AvgIpc) is 2.28. The molecule has 4 nitrogen and oxygen atoms in total. The maximum absolute atomic E-state index is 7.64. The quantitative estimate of drug-likeness (QED) is 0.648. The second-order valence-electron chi connectivity index (χ2n) is 4.20. The highest BCUT2D eigenvalue weighted by Crippen LogP contribution is 2.25. The number of morpholine rings is 1. The zero-order valence-corrected chi connectivity index (χ0v) is 11.3. The van der Waals surface area contributed by atoms with Crippen molar-refractivity contribution in [3.63, 3.8) is 0 Å². The molecular formula is C12H16BrN3O. The maximum Gasteiger partial charge on any atom is 0.124 e. The van der Waals surface area contributed by atoms with E-state index in [2.05, 4.69) is 27.8 Å². The molecule has 17 heavy (non-hydrogen) atoms. The Hall–Kier alpha value is -1.07. The molecule has 1 aromatic carbocycles. The van der Waals surface area contributed by atoms with Gasteiger partial charge in [-0.1, -0.05) is 15.9 Å². The average molecular weight is 298 g/mol. The zero-order valence-electron chi connectivity index (χ0n) is 9.74. The molecule has 1 atom stereocenters. The molecule has 2 rings (SSSR count). The molecule has 5 heteroatoms. The van der Waals surface area contributed by atoms with Gasteiger partial charge in [-0.2, -0.15) is 0 Å². The Kier molecular flexibility index (Phi) is 3.69. The summed E-state index contributed by atoms with van der Waals surface area (Å²) in [5.41, 5.74) is 7.41. The number of hydrogen-bond acceptors (Lipinski definition) is 3. The number of nitrogen functional groups attached to an aromatic ring is 1. The number of ether oxygens (including phenoxy) is 1. The molecule has 92 valence electrons. The van der Waals surface area contributed by atoms with Crippen LogP contribution in [0.3, 0.4) is 0 Å². The van der Waals surface area contributed by atoms with Crippen molar-refractivity contribution in [2.45, 2.75) is 13.0 Å². The van der Waals surface area contributed by atoms with Crippen LogP contribution in [0.1, 0.15) is 12.5 Å². The van der Waals surface area contributed by atoms with E-state index in [0.717, 1.165) is 28.8 Å². The van der Waals surface area contributed by atoms with E-state index in [-0.39, 0.29) is 11.9 Å². The third kappa shape index (κ3) is 2.79. The van der Waals surface area contributed by atoms with Crippen LogP contribution in [-0.2, 0) is 4.74 Å². The third-order valence-corrected chi connectivity index (χ3v) is 3.32. The number of nitrogens with two attached hydrogens (primary N) is 1. The molecule has 1 fully saturated rings. The van der Waals surface area contributed by atoms with Crippen molar-refractivity contribution in [2.24, 2.45) is 5.73 Å². The van der Waals surface area contributed by atoms with Gasteiger partial charge < -0.3 is 15.4 Å². The Morgan fingerprint density at radius 2 is 2.35 bits per heavy atom.